The van der Waals surface area contributed by atoms with Crippen molar-refractivity contribution in [3.8, 4) is 0 Å². The van der Waals surface area contributed by atoms with Crippen LogP contribution in [-0.4, -0.2) is 38.3 Å². The van der Waals surface area contributed by atoms with Crippen LogP contribution in [0.15, 0.2) is 0 Å². The van der Waals surface area contributed by atoms with E-state index in [4.69, 9.17) is 4.74 Å². The maximum absolute atomic E-state index is 11.8. The quantitative estimate of drug-likeness (QED) is 0.761. The normalized spacial score (nSPS) is 25.6. The SMILES string of the molecule is COC(C)(C)CC(=O)NCC1CCNCC1C. The molecule has 1 aliphatic rings. The Balaban J connectivity index is 2.27. The number of methoxy groups -OCH3 is 1. The lowest BCUT2D eigenvalue weighted by Crippen LogP contribution is -2.42. The van der Waals surface area contributed by atoms with Gasteiger partial charge < -0.3 is 15.4 Å². The molecule has 1 saturated heterocycles. The molecule has 0 aliphatic carbocycles. The van der Waals surface area contributed by atoms with Crippen molar-refractivity contribution in [3.63, 3.8) is 0 Å². The van der Waals surface area contributed by atoms with Crippen LogP contribution in [-0.2, 0) is 9.53 Å². The molecular formula is C13H26N2O2. The molecule has 2 atom stereocenters. The molecule has 1 heterocycles. The molecule has 4 heteroatoms. The van der Waals surface area contributed by atoms with Crippen molar-refractivity contribution in [1.29, 1.82) is 0 Å². The van der Waals surface area contributed by atoms with Crippen LogP contribution in [0.3, 0.4) is 0 Å². The molecule has 1 fully saturated rings. The Morgan fingerprint density at radius 1 is 1.53 bits per heavy atom. The van der Waals surface area contributed by atoms with Crippen molar-refractivity contribution in [3.05, 3.63) is 0 Å². The van der Waals surface area contributed by atoms with Crippen molar-refractivity contribution < 1.29 is 9.53 Å². The molecule has 0 bridgehead atoms. The Morgan fingerprint density at radius 3 is 2.82 bits per heavy atom. The van der Waals surface area contributed by atoms with Crippen LogP contribution in [0, 0.1) is 11.8 Å². The van der Waals surface area contributed by atoms with E-state index in [1.165, 1.54) is 0 Å². The highest BCUT2D eigenvalue weighted by atomic mass is 16.5. The number of carbonyl (C=O) groups excluding carboxylic acids is 1. The second-order valence-electron chi connectivity index (χ2n) is 5.67. The molecule has 0 saturated carbocycles. The van der Waals surface area contributed by atoms with Crippen LogP contribution >= 0.6 is 0 Å². The standard InChI is InChI=1S/C13H26N2O2/c1-10-8-14-6-5-11(10)9-15-12(16)7-13(2,3)17-4/h10-11,14H,5-9H2,1-4H3,(H,15,16). The van der Waals surface area contributed by atoms with Gasteiger partial charge in [0.1, 0.15) is 0 Å². The van der Waals surface area contributed by atoms with Crippen LogP contribution < -0.4 is 10.6 Å². The van der Waals surface area contributed by atoms with Crippen LogP contribution in [0.1, 0.15) is 33.6 Å². The van der Waals surface area contributed by atoms with Gasteiger partial charge in [0.15, 0.2) is 0 Å². The fourth-order valence-electron chi connectivity index (χ4n) is 2.14. The van der Waals surface area contributed by atoms with Crippen molar-refractivity contribution >= 4 is 5.91 Å². The number of nitrogens with one attached hydrogen (secondary N) is 2. The van der Waals surface area contributed by atoms with E-state index >= 15 is 0 Å². The highest BCUT2D eigenvalue weighted by molar-refractivity contribution is 5.76. The topological polar surface area (TPSA) is 50.4 Å². The molecule has 0 aromatic heterocycles. The molecule has 1 amide bonds. The molecule has 0 spiro atoms. The van der Waals surface area contributed by atoms with E-state index in [0.717, 1.165) is 26.1 Å². The number of rotatable bonds is 5. The van der Waals surface area contributed by atoms with Crippen molar-refractivity contribution in [2.45, 2.75) is 39.2 Å². The Bertz CT molecular complexity index is 254. The third-order valence-corrected chi connectivity index (χ3v) is 3.66. The minimum absolute atomic E-state index is 0.0857. The first-order valence-electron chi connectivity index (χ1n) is 6.47. The Hall–Kier alpha value is -0.610. The zero-order chi connectivity index (χ0) is 12.9. The fraction of sp³-hybridized carbons (Fsp3) is 0.923. The molecule has 2 unspecified atom stereocenters. The summed E-state index contributed by atoms with van der Waals surface area (Å²) < 4.78 is 5.25. The van der Waals surface area contributed by atoms with E-state index in [1.807, 2.05) is 13.8 Å². The lowest BCUT2D eigenvalue weighted by atomic mass is 9.88. The molecular weight excluding hydrogens is 216 g/mol. The maximum Gasteiger partial charge on any atom is 0.222 e. The first-order valence-corrected chi connectivity index (χ1v) is 6.47. The molecule has 1 aliphatic heterocycles. The Labute approximate surface area is 104 Å². The van der Waals surface area contributed by atoms with Crippen LogP contribution in [0.5, 0.6) is 0 Å². The van der Waals surface area contributed by atoms with Gasteiger partial charge in [0.2, 0.25) is 5.91 Å². The molecule has 100 valence electrons. The lowest BCUT2D eigenvalue weighted by Gasteiger charge is -2.30. The van der Waals surface area contributed by atoms with Gasteiger partial charge >= 0.3 is 0 Å². The predicted octanol–water partition coefficient (Wildman–Crippen LogP) is 1.16. The first kappa shape index (κ1) is 14.5. The van der Waals surface area contributed by atoms with Crippen LogP contribution in [0.2, 0.25) is 0 Å². The smallest absolute Gasteiger partial charge is 0.222 e. The third kappa shape index (κ3) is 5.04. The summed E-state index contributed by atoms with van der Waals surface area (Å²) in [5.74, 6) is 1.33. The van der Waals surface area contributed by atoms with E-state index in [1.54, 1.807) is 7.11 Å². The van der Waals surface area contributed by atoms with Crippen molar-refractivity contribution in [2.24, 2.45) is 11.8 Å². The maximum atomic E-state index is 11.8. The monoisotopic (exact) mass is 242 g/mol. The van der Waals surface area contributed by atoms with Crippen LogP contribution in [0.25, 0.3) is 0 Å². The van der Waals surface area contributed by atoms with Gasteiger partial charge in [0.25, 0.3) is 0 Å². The minimum atomic E-state index is -0.371. The number of ether oxygens (including phenoxy) is 1. The summed E-state index contributed by atoms with van der Waals surface area (Å²) in [5.41, 5.74) is -0.371. The third-order valence-electron chi connectivity index (χ3n) is 3.66. The van der Waals surface area contributed by atoms with Gasteiger partial charge in [0, 0.05) is 13.7 Å². The number of amides is 1. The van der Waals surface area contributed by atoms with Gasteiger partial charge in [-0.25, -0.2) is 0 Å². The summed E-state index contributed by atoms with van der Waals surface area (Å²) in [4.78, 5) is 11.8. The molecule has 1 rings (SSSR count). The van der Waals surface area contributed by atoms with Crippen molar-refractivity contribution in [1.82, 2.24) is 10.6 Å². The number of piperidine rings is 1. The zero-order valence-corrected chi connectivity index (χ0v) is 11.5. The van der Waals surface area contributed by atoms with Gasteiger partial charge in [-0.05, 0) is 45.2 Å². The Kier molecular flexibility index (Phi) is 5.40. The van der Waals surface area contributed by atoms with E-state index in [-0.39, 0.29) is 11.5 Å². The number of hydrogen-bond acceptors (Lipinski definition) is 3. The summed E-state index contributed by atoms with van der Waals surface area (Å²) in [5, 5.41) is 6.39. The second-order valence-corrected chi connectivity index (χ2v) is 5.67. The van der Waals surface area contributed by atoms with Gasteiger partial charge in [0.05, 0.1) is 12.0 Å². The highest BCUT2D eigenvalue weighted by Gasteiger charge is 2.24. The molecule has 4 nitrogen and oxygen atoms in total. The number of hydrogen-bond donors (Lipinski definition) is 2. The van der Waals surface area contributed by atoms with Crippen molar-refractivity contribution in [2.75, 3.05) is 26.7 Å². The highest BCUT2D eigenvalue weighted by Crippen LogP contribution is 2.18. The summed E-state index contributed by atoms with van der Waals surface area (Å²) in [6.45, 7) is 9.02. The molecule has 0 aromatic carbocycles. The van der Waals surface area contributed by atoms with E-state index < -0.39 is 0 Å². The van der Waals surface area contributed by atoms with E-state index in [0.29, 0.717) is 18.3 Å². The minimum Gasteiger partial charge on any atom is -0.378 e. The van der Waals surface area contributed by atoms with Crippen LogP contribution in [0.4, 0.5) is 0 Å². The summed E-state index contributed by atoms with van der Waals surface area (Å²) >= 11 is 0. The molecule has 0 radical (unpaired) electrons. The summed E-state index contributed by atoms with van der Waals surface area (Å²) in [7, 11) is 1.64. The van der Waals surface area contributed by atoms with Gasteiger partial charge in [-0.3, -0.25) is 4.79 Å². The molecule has 2 N–H and O–H groups in total. The number of carbonyl (C=O) groups is 1. The van der Waals surface area contributed by atoms with Gasteiger partial charge in [-0.2, -0.15) is 0 Å². The average Bonchev–Trinajstić information content (AvgIpc) is 2.27. The van der Waals surface area contributed by atoms with E-state index in [9.17, 15) is 4.79 Å². The molecule has 0 aromatic rings. The lowest BCUT2D eigenvalue weighted by molar-refractivity contribution is -0.126. The second kappa shape index (κ2) is 6.36. The Morgan fingerprint density at radius 2 is 2.24 bits per heavy atom. The average molecular weight is 242 g/mol. The van der Waals surface area contributed by atoms with Gasteiger partial charge in [-0.15, -0.1) is 0 Å². The fourth-order valence-corrected chi connectivity index (χ4v) is 2.14. The van der Waals surface area contributed by atoms with Gasteiger partial charge in [-0.1, -0.05) is 6.92 Å². The predicted molar refractivity (Wildman–Crippen MR) is 68.9 cm³/mol. The molecule has 17 heavy (non-hydrogen) atoms. The largest absolute Gasteiger partial charge is 0.378 e. The summed E-state index contributed by atoms with van der Waals surface area (Å²) in [6, 6.07) is 0. The zero-order valence-electron chi connectivity index (χ0n) is 11.5. The summed E-state index contributed by atoms with van der Waals surface area (Å²) in [6.07, 6.45) is 1.57. The first-order chi connectivity index (χ1) is 7.94. The van der Waals surface area contributed by atoms with E-state index in [2.05, 4.69) is 17.6 Å².